The van der Waals surface area contributed by atoms with E-state index in [1.165, 1.54) is 23.5 Å². The van der Waals surface area contributed by atoms with Gasteiger partial charge in [0.05, 0.1) is 16.1 Å². The Morgan fingerprint density at radius 1 is 1.30 bits per heavy atom. The van der Waals surface area contributed by atoms with Crippen molar-refractivity contribution in [1.82, 2.24) is 15.1 Å². The molecule has 0 bridgehead atoms. The number of amides is 1. The number of nitrogens with one attached hydrogen (secondary N) is 1. The molecule has 5 nitrogen and oxygen atoms in total. The number of halogens is 3. The second-order valence-corrected chi connectivity index (χ2v) is 8.04. The van der Waals surface area contributed by atoms with E-state index in [-0.39, 0.29) is 24.4 Å². The first kappa shape index (κ1) is 22.0. The molecule has 30 heavy (non-hydrogen) atoms. The van der Waals surface area contributed by atoms with Crippen LogP contribution in [-0.4, -0.2) is 28.3 Å². The smallest absolute Gasteiger partial charge is 0.347 e. The van der Waals surface area contributed by atoms with Gasteiger partial charge in [-0.25, -0.2) is 0 Å². The number of nitrogens with two attached hydrogens (primary N) is 1. The number of thiophene rings is 1. The van der Waals surface area contributed by atoms with E-state index >= 15 is 0 Å². The number of alkyl halides is 3. The van der Waals surface area contributed by atoms with Crippen molar-refractivity contribution in [3.63, 3.8) is 0 Å². The van der Waals surface area contributed by atoms with E-state index in [0.717, 1.165) is 28.6 Å². The molecule has 1 amide bonds. The largest absolute Gasteiger partial charge is 0.416 e. The summed E-state index contributed by atoms with van der Waals surface area (Å²) in [6.07, 6.45) is -2.02. The Morgan fingerprint density at radius 2 is 2.03 bits per heavy atom. The predicted octanol–water partition coefficient (Wildman–Crippen LogP) is 4.03. The molecule has 2 heterocycles. The molecule has 160 valence electrons. The van der Waals surface area contributed by atoms with Gasteiger partial charge in [0.25, 0.3) is 5.91 Å². The summed E-state index contributed by atoms with van der Waals surface area (Å²) in [5.74, 6) is -0.344. The van der Waals surface area contributed by atoms with E-state index in [1.54, 1.807) is 23.0 Å². The van der Waals surface area contributed by atoms with Gasteiger partial charge < -0.3 is 11.1 Å². The SMILES string of the molecule is CCc1sc(C(=O)NC(CN)Cc2ccccc2C(F)(F)F)cc1-c1ccnn1C. The molecular weight excluding hydrogens is 413 g/mol. The summed E-state index contributed by atoms with van der Waals surface area (Å²) < 4.78 is 41.5. The van der Waals surface area contributed by atoms with Gasteiger partial charge in [-0.15, -0.1) is 11.3 Å². The monoisotopic (exact) mass is 436 g/mol. The number of aromatic nitrogens is 2. The van der Waals surface area contributed by atoms with E-state index in [2.05, 4.69) is 10.4 Å². The van der Waals surface area contributed by atoms with Crippen molar-refractivity contribution in [2.24, 2.45) is 12.8 Å². The molecule has 0 saturated carbocycles. The molecule has 3 aromatic rings. The lowest BCUT2D eigenvalue weighted by Crippen LogP contribution is -2.41. The Kier molecular flexibility index (Phi) is 6.62. The quantitative estimate of drug-likeness (QED) is 0.587. The van der Waals surface area contributed by atoms with Gasteiger partial charge in [-0.3, -0.25) is 9.48 Å². The van der Waals surface area contributed by atoms with Crippen LogP contribution >= 0.6 is 11.3 Å². The highest BCUT2D eigenvalue weighted by atomic mass is 32.1. The van der Waals surface area contributed by atoms with Crippen LogP contribution < -0.4 is 11.1 Å². The Morgan fingerprint density at radius 3 is 2.63 bits per heavy atom. The molecule has 0 spiro atoms. The van der Waals surface area contributed by atoms with E-state index in [1.807, 2.05) is 20.0 Å². The molecule has 0 fully saturated rings. The Hall–Kier alpha value is -2.65. The molecule has 1 unspecified atom stereocenters. The van der Waals surface area contributed by atoms with Crippen molar-refractivity contribution in [1.29, 1.82) is 0 Å². The van der Waals surface area contributed by atoms with E-state index in [0.29, 0.717) is 4.88 Å². The number of hydrogen-bond donors (Lipinski definition) is 2. The van der Waals surface area contributed by atoms with Crippen molar-refractivity contribution in [3.05, 3.63) is 63.5 Å². The zero-order valence-electron chi connectivity index (χ0n) is 16.7. The first-order chi connectivity index (χ1) is 14.2. The number of carbonyl (C=O) groups excluding carboxylic acids is 1. The summed E-state index contributed by atoms with van der Waals surface area (Å²) in [4.78, 5) is 14.3. The Balaban J connectivity index is 1.80. The van der Waals surface area contributed by atoms with Gasteiger partial charge in [0.2, 0.25) is 0 Å². The third-order valence-electron chi connectivity index (χ3n) is 4.86. The predicted molar refractivity (Wildman–Crippen MR) is 111 cm³/mol. The maximum absolute atomic E-state index is 13.3. The number of carbonyl (C=O) groups is 1. The van der Waals surface area contributed by atoms with Gasteiger partial charge >= 0.3 is 6.18 Å². The van der Waals surface area contributed by atoms with E-state index in [9.17, 15) is 18.0 Å². The molecule has 2 aromatic heterocycles. The number of nitrogens with zero attached hydrogens (tertiary/aromatic N) is 2. The van der Waals surface area contributed by atoms with Crippen molar-refractivity contribution >= 4 is 17.2 Å². The summed E-state index contributed by atoms with van der Waals surface area (Å²) in [7, 11) is 1.83. The maximum atomic E-state index is 13.3. The number of hydrogen-bond acceptors (Lipinski definition) is 4. The lowest BCUT2D eigenvalue weighted by atomic mass is 9.99. The third-order valence-corrected chi connectivity index (χ3v) is 6.14. The van der Waals surface area contributed by atoms with Gasteiger partial charge in [0.1, 0.15) is 0 Å². The normalized spacial score (nSPS) is 12.7. The first-order valence-electron chi connectivity index (χ1n) is 9.51. The number of aryl methyl sites for hydroxylation is 2. The van der Waals surface area contributed by atoms with Gasteiger partial charge in [-0.2, -0.15) is 18.3 Å². The fourth-order valence-corrected chi connectivity index (χ4v) is 4.36. The van der Waals surface area contributed by atoms with Crippen molar-refractivity contribution in [2.75, 3.05) is 6.54 Å². The molecule has 0 aliphatic heterocycles. The summed E-state index contributed by atoms with van der Waals surface area (Å²) in [5, 5.41) is 6.96. The van der Waals surface area contributed by atoms with Gasteiger partial charge in [0, 0.05) is 36.3 Å². The fraction of sp³-hybridized carbons (Fsp3) is 0.333. The molecule has 1 atom stereocenters. The van der Waals surface area contributed by atoms with Crippen LogP contribution in [0.25, 0.3) is 11.3 Å². The Bertz CT molecular complexity index is 1030. The number of rotatable bonds is 7. The summed E-state index contributed by atoms with van der Waals surface area (Å²) in [6, 6.07) is 8.41. The minimum Gasteiger partial charge on any atom is -0.347 e. The molecule has 0 aliphatic carbocycles. The topological polar surface area (TPSA) is 72.9 Å². The number of benzene rings is 1. The third kappa shape index (κ3) is 4.73. The summed E-state index contributed by atoms with van der Waals surface area (Å²) >= 11 is 1.37. The lowest BCUT2D eigenvalue weighted by molar-refractivity contribution is -0.138. The maximum Gasteiger partial charge on any atom is 0.416 e. The van der Waals surface area contributed by atoms with Crippen LogP contribution in [0.15, 0.2) is 42.6 Å². The zero-order valence-corrected chi connectivity index (χ0v) is 17.5. The highest BCUT2D eigenvalue weighted by Gasteiger charge is 2.33. The molecule has 0 saturated heterocycles. The van der Waals surface area contributed by atoms with Crippen LogP contribution in [0.5, 0.6) is 0 Å². The van der Waals surface area contributed by atoms with Crippen molar-refractivity contribution in [3.8, 4) is 11.3 Å². The van der Waals surface area contributed by atoms with Crippen LogP contribution in [0.1, 0.15) is 32.6 Å². The highest BCUT2D eigenvalue weighted by Crippen LogP contribution is 2.33. The highest BCUT2D eigenvalue weighted by molar-refractivity contribution is 7.14. The summed E-state index contributed by atoms with van der Waals surface area (Å²) in [5.41, 5.74) is 6.99. The summed E-state index contributed by atoms with van der Waals surface area (Å²) in [6.45, 7) is 2.03. The molecule has 1 aromatic carbocycles. The van der Waals surface area contributed by atoms with Crippen molar-refractivity contribution in [2.45, 2.75) is 32.0 Å². The second-order valence-electron chi connectivity index (χ2n) is 6.91. The van der Waals surface area contributed by atoms with E-state index < -0.39 is 17.8 Å². The minimum atomic E-state index is -4.46. The molecular formula is C21H23F3N4OS. The molecule has 3 rings (SSSR count). The average molecular weight is 437 g/mol. The van der Waals surface area contributed by atoms with Crippen molar-refractivity contribution < 1.29 is 18.0 Å². The molecule has 0 radical (unpaired) electrons. The standard InChI is InChI=1S/C21H23F3N4OS/c1-3-18-15(17-8-9-26-28(17)2)11-19(30-18)20(29)27-14(12-25)10-13-6-4-5-7-16(13)21(22,23)24/h4-9,11,14H,3,10,12,25H2,1-2H3,(H,27,29). The molecule has 0 aliphatic rings. The van der Waals surface area contributed by atoms with Crippen LogP contribution in [-0.2, 0) is 26.1 Å². The molecule has 3 N–H and O–H groups in total. The van der Waals surface area contributed by atoms with E-state index in [4.69, 9.17) is 5.73 Å². The van der Waals surface area contributed by atoms with Crippen LogP contribution in [0.4, 0.5) is 13.2 Å². The molecule has 9 heteroatoms. The van der Waals surface area contributed by atoms with Crippen LogP contribution in [0, 0.1) is 0 Å². The van der Waals surface area contributed by atoms with Gasteiger partial charge in [0.15, 0.2) is 0 Å². The van der Waals surface area contributed by atoms with Crippen LogP contribution in [0.2, 0.25) is 0 Å². The fourth-order valence-electron chi connectivity index (χ4n) is 3.35. The minimum absolute atomic E-state index is 0.00147. The first-order valence-corrected chi connectivity index (χ1v) is 10.3. The second kappa shape index (κ2) is 9.01. The van der Waals surface area contributed by atoms with Gasteiger partial charge in [-0.05, 0) is 36.6 Å². The average Bonchev–Trinajstić information content (AvgIpc) is 3.32. The van der Waals surface area contributed by atoms with Crippen LogP contribution in [0.3, 0.4) is 0 Å². The Labute approximate surface area is 176 Å². The lowest BCUT2D eigenvalue weighted by Gasteiger charge is -2.19. The zero-order chi connectivity index (χ0) is 21.9. The van der Waals surface area contributed by atoms with Gasteiger partial charge in [-0.1, -0.05) is 25.1 Å².